The number of hydrogen-bond acceptors (Lipinski definition) is 4. The Balaban J connectivity index is 1.70. The first kappa shape index (κ1) is 18.9. The Hall–Kier alpha value is -1.89. The Morgan fingerprint density at radius 3 is 2.54 bits per heavy atom. The first-order valence-corrected chi connectivity index (χ1v) is 10.8. The van der Waals surface area contributed by atoms with Gasteiger partial charge in [-0.05, 0) is 23.5 Å². The molecule has 7 heteroatoms. The van der Waals surface area contributed by atoms with E-state index in [1.54, 1.807) is 4.90 Å². The van der Waals surface area contributed by atoms with Gasteiger partial charge in [-0.15, -0.1) is 0 Å². The van der Waals surface area contributed by atoms with Crippen molar-refractivity contribution in [2.45, 2.75) is 45.1 Å². The van der Waals surface area contributed by atoms with E-state index >= 15 is 0 Å². The molecular formula is C19H26N2O4S. The fraction of sp³-hybridized carbons (Fsp3) is 0.579. The molecule has 3 rings (SSSR count). The van der Waals surface area contributed by atoms with E-state index in [9.17, 15) is 18.0 Å². The summed E-state index contributed by atoms with van der Waals surface area (Å²) in [6, 6.07) is 7.40. The van der Waals surface area contributed by atoms with Crippen molar-refractivity contribution < 1.29 is 18.0 Å². The Morgan fingerprint density at radius 2 is 1.92 bits per heavy atom. The van der Waals surface area contributed by atoms with Crippen LogP contribution in [0.15, 0.2) is 24.3 Å². The number of likely N-dealkylation sites (tertiary alicyclic amines) is 1. The number of hydrogen-bond donors (Lipinski definition) is 1. The average molecular weight is 378 g/mol. The van der Waals surface area contributed by atoms with Crippen LogP contribution in [0.5, 0.6) is 0 Å². The molecule has 2 heterocycles. The molecule has 2 atom stereocenters. The van der Waals surface area contributed by atoms with Gasteiger partial charge in [0.2, 0.25) is 11.8 Å². The number of para-hydroxylation sites is 1. The predicted molar refractivity (Wildman–Crippen MR) is 101 cm³/mol. The van der Waals surface area contributed by atoms with Crippen molar-refractivity contribution in [3.8, 4) is 0 Å². The minimum atomic E-state index is -3.06. The van der Waals surface area contributed by atoms with Crippen LogP contribution in [0, 0.1) is 5.92 Å². The fourth-order valence-corrected chi connectivity index (χ4v) is 5.49. The predicted octanol–water partition coefficient (Wildman–Crippen LogP) is 1.96. The fourth-order valence-electron chi connectivity index (χ4n) is 3.76. The lowest BCUT2D eigenvalue weighted by Crippen LogP contribution is -2.38. The molecule has 0 radical (unpaired) electrons. The Labute approximate surface area is 154 Å². The lowest BCUT2D eigenvalue weighted by Gasteiger charge is -2.24. The maximum absolute atomic E-state index is 12.7. The number of sulfone groups is 1. The number of rotatable bonds is 3. The summed E-state index contributed by atoms with van der Waals surface area (Å²) >= 11 is 0. The van der Waals surface area contributed by atoms with Crippen molar-refractivity contribution in [1.82, 2.24) is 4.90 Å². The molecule has 1 aromatic carbocycles. The minimum absolute atomic E-state index is 0.0138. The van der Waals surface area contributed by atoms with Crippen LogP contribution in [0.25, 0.3) is 0 Å². The maximum atomic E-state index is 12.7. The topological polar surface area (TPSA) is 83.6 Å². The number of amides is 2. The molecule has 6 nitrogen and oxygen atoms in total. The van der Waals surface area contributed by atoms with Crippen LogP contribution in [0.1, 0.15) is 39.2 Å². The van der Waals surface area contributed by atoms with Crippen LogP contribution in [0.3, 0.4) is 0 Å². The van der Waals surface area contributed by atoms with Crippen molar-refractivity contribution in [3.63, 3.8) is 0 Å². The summed E-state index contributed by atoms with van der Waals surface area (Å²) < 4.78 is 23.4. The Kier molecular flexibility index (Phi) is 4.86. The normalized spacial score (nSPS) is 25.5. The molecule has 2 fully saturated rings. The van der Waals surface area contributed by atoms with Crippen molar-refractivity contribution in [2.75, 3.05) is 23.4 Å². The van der Waals surface area contributed by atoms with Gasteiger partial charge >= 0.3 is 0 Å². The number of nitrogens with zero attached hydrogens (tertiary/aromatic N) is 1. The molecule has 0 aliphatic carbocycles. The van der Waals surface area contributed by atoms with Crippen LogP contribution < -0.4 is 5.32 Å². The maximum Gasteiger partial charge on any atom is 0.229 e. The summed E-state index contributed by atoms with van der Waals surface area (Å²) in [7, 11) is -3.06. The van der Waals surface area contributed by atoms with Gasteiger partial charge in [-0.25, -0.2) is 8.42 Å². The molecule has 0 aromatic heterocycles. The van der Waals surface area contributed by atoms with Crippen LogP contribution in [0.2, 0.25) is 0 Å². The first-order chi connectivity index (χ1) is 12.1. The third-order valence-corrected chi connectivity index (χ3v) is 6.92. The highest BCUT2D eigenvalue weighted by molar-refractivity contribution is 7.91. The zero-order valence-electron chi connectivity index (χ0n) is 15.5. The molecule has 2 unspecified atom stereocenters. The first-order valence-electron chi connectivity index (χ1n) is 8.97. The standard InChI is InChI=1S/C19H26N2O4S/c1-19(2,3)15-6-4-5-7-16(15)20-18(23)13-10-17(22)21(11-13)14-8-9-26(24,25)12-14/h4-7,13-14H,8-12H2,1-3H3,(H,20,23). The van der Waals surface area contributed by atoms with Gasteiger partial charge in [0.05, 0.1) is 17.4 Å². The van der Waals surface area contributed by atoms with E-state index in [0.29, 0.717) is 13.0 Å². The summed E-state index contributed by atoms with van der Waals surface area (Å²) in [5.41, 5.74) is 1.69. The SMILES string of the molecule is CC(C)(C)c1ccccc1NC(=O)C1CC(=O)N(C2CCS(=O)(=O)C2)C1. The molecule has 2 aliphatic heterocycles. The highest BCUT2D eigenvalue weighted by atomic mass is 32.2. The van der Waals surface area contributed by atoms with E-state index in [2.05, 4.69) is 26.1 Å². The molecule has 26 heavy (non-hydrogen) atoms. The van der Waals surface area contributed by atoms with Gasteiger partial charge in [0.15, 0.2) is 9.84 Å². The molecule has 1 N–H and O–H groups in total. The van der Waals surface area contributed by atoms with Crippen molar-refractivity contribution in [2.24, 2.45) is 5.92 Å². The average Bonchev–Trinajstić information content (AvgIpc) is 3.09. The van der Waals surface area contributed by atoms with Crippen molar-refractivity contribution >= 4 is 27.3 Å². The van der Waals surface area contributed by atoms with Gasteiger partial charge in [0, 0.05) is 24.7 Å². The largest absolute Gasteiger partial charge is 0.338 e. The van der Waals surface area contributed by atoms with Gasteiger partial charge in [0.1, 0.15) is 0 Å². The smallest absolute Gasteiger partial charge is 0.229 e. The van der Waals surface area contributed by atoms with E-state index in [0.717, 1.165) is 11.3 Å². The third-order valence-electron chi connectivity index (χ3n) is 5.17. The summed E-state index contributed by atoms with van der Waals surface area (Å²) in [5.74, 6) is -0.620. The van der Waals surface area contributed by atoms with E-state index in [-0.39, 0.29) is 41.2 Å². The summed E-state index contributed by atoms with van der Waals surface area (Å²) in [4.78, 5) is 26.6. The van der Waals surface area contributed by atoms with Crippen LogP contribution in [-0.2, 0) is 24.8 Å². The number of carbonyl (C=O) groups excluding carboxylic acids is 2. The van der Waals surface area contributed by atoms with Gasteiger partial charge < -0.3 is 10.2 Å². The van der Waals surface area contributed by atoms with Crippen LogP contribution >= 0.6 is 0 Å². The van der Waals surface area contributed by atoms with Crippen molar-refractivity contribution in [1.29, 1.82) is 0 Å². The second-order valence-electron chi connectivity index (χ2n) is 8.29. The van der Waals surface area contributed by atoms with Crippen LogP contribution in [-0.4, -0.2) is 49.2 Å². The highest BCUT2D eigenvalue weighted by Gasteiger charge is 2.42. The van der Waals surface area contributed by atoms with E-state index in [4.69, 9.17) is 0 Å². The monoisotopic (exact) mass is 378 g/mol. The van der Waals surface area contributed by atoms with Crippen LogP contribution in [0.4, 0.5) is 5.69 Å². The summed E-state index contributed by atoms with van der Waals surface area (Å²) in [6.07, 6.45) is 0.606. The number of carbonyl (C=O) groups is 2. The molecule has 1 aromatic rings. The molecule has 142 valence electrons. The second-order valence-corrected chi connectivity index (χ2v) is 10.5. The lowest BCUT2D eigenvalue weighted by molar-refractivity contribution is -0.129. The molecule has 2 saturated heterocycles. The molecule has 2 aliphatic rings. The number of nitrogens with one attached hydrogen (secondary N) is 1. The molecule has 0 saturated carbocycles. The minimum Gasteiger partial charge on any atom is -0.338 e. The van der Waals surface area contributed by atoms with Gasteiger partial charge in [-0.3, -0.25) is 9.59 Å². The zero-order valence-corrected chi connectivity index (χ0v) is 16.3. The quantitative estimate of drug-likeness (QED) is 0.871. The molecular weight excluding hydrogens is 352 g/mol. The molecule has 0 spiro atoms. The third kappa shape index (κ3) is 3.92. The summed E-state index contributed by atoms with van der Waals surface area (Å²) in [6.45, 7) is 6.54. The lowest BCUT2D eigenvalue weighted by atomic mass is 9.85. The molecule has 2 amide bonds. The van der Waals surface area contributed by atoms with Gasteiger partial charge in [0.25, 0.3) is 0 Å². The number of benzene rings is 1. The van der Waals surface area contributed by atoms with Gasteiger partial charge in [-0.1, -0.05) is 39.0 Å². The van der Waals surface area contributed by atoms with Gasteiger partial charge in [-0.2, -0.15) is 0 Å². The highest BCUT2D eigenvalue weighted by Crippen LogP contribution is 2.31. The number of anilines is 1. The van der Waals surface area contributed by atoms with E-state index in [1.807, 2.05) is 24.3 Å². The summed E-state index contributed by atoms with van der Waals surface area (Å²) in [5, 5.41) is 2.97. The Bertz CT molecular complexity index is 826. The second kappa shape index (κ2) is 6.68. The van der Waals surface area contributed by atoms with Crippen molar-refractivity contribution in [3.05, 3.63) is 29.8 Å². The van der Waals surface area contributed by atoms with E-state index < -0.39 is 15.8 Å². The van der Waals surface area contributed by atoms with E-state index in [1.165, 1.54) is 0 Å². The molecule has 0 bridgehead atoms. The zero-order chi connectivity index (χ0) is 19.1. The Morgan fingerprint density at radius 1 is 1.23 bits per heavy atom.